The normalized spacial score (nSPS) is 21.8. The van der Waals surface area contributed by atoms with Crippen LogP contribution >= 0.6 is 39.0 Å². The van der Waals surface area contributed by atoms with E-state index in [2.05, 4.69) is 28.2 Å². The lowest BCUT2D eigenvalue weighted by Gasteiger charge is -2.22. The summed E-state index contributed by atoms with van der Waals surface area (Å²) >= 11 is 6.90. The average Bonchev–Trinajstić information content (AvgIpc) is 3.02. The molecule has 6 heteroatoms. The molecule has 1 aromatic heterocycles. The Morgan fingerprint density at radius 1 is 1.52 bits per heavy atom. The number of fused-ring (bicyclic) bond motifs is 1. The summed E-state index contributed by atoms with van der Waals surface area (Å²) in [6.45, 7) is 2.92. The van der Waals surface area contributed by atoms with Gasteiger partial charge in [-0.25, -0.2) is 0 Å². The number of thiophene rings is 1. The van der Waals surface area contributed by atoms with Gasteiger partial charge in [-0.2, -0.15) is 11.8 Å². The molecule has 0 saturated carbocycles. The average molecular weight is 385 g/mol. The van der Waals surface area contributed by atoms with Crippen molar-refractivity contribution in [3.8, 4) is 0 Å². The van der Waals surface area contributed by atoms with Gasteiger partial charge in [0.2, 0.25) is 0 Å². The van der Waals surface area contributed by atoms with Crippen LogP contribution in [0.2, 0.25) is 0 Å². The van der Waals surface area contributed by atoms with Gasteiger partial charge in [-0.3, -0.25) is 4.79 Å². The van der Waals surface area contributed by atoms with Crippen molar-refractivity contribution < 1.29 is 4.79 Å². The Hall–Kier alpha value is -0.720. The maximum Gasteiger partial charge on any atom is 0.263 e. The second kappa shape index (κ2) is 5.82. The Kier molecular flexibility index (Phi) is 4.21. The summed E-state index contributed by atoms with van der Waals surface area (Å²) in [4.78, 5) is 13.1. The fourth-order valence-corrected chi connectivity index (χ4v) is 5.64. The third-order valence-corrected chi connectivity index (χ3v) is 7.20. The van der Waals surface area contributed by atoms with Gasteiger partial charge < -0.3 is 11.1 Å². The first-order valence-corrected chi connectivity index (χ1v) is 9.48. The monoisotopic (exact) mass is 384 g/mol. The predicted octanol–water partition coefficient (Wildman–Crippen LogP) is 4.26. The fraction of sp³-hybridized carbons (Fsp3) is 0.400. The van der Waals surface area contributed by atoms with Crippen LogP contribution in [0, 0.1) is 0 Å². The number of halogens is 1. The molecule has 2 aromatic rings. The topological polar surface area (TPSA) is 55.1 Å². The molecule has 1 unspecified atom stereocenters. The summed E-state index contributed by atoms with van der Waals surface area (Å²) in [5, 5.41) is 4.00. The lowest BCUT2D eigenvalue weighted by atomic mass is 10.1. The third kappa shape index (κ3) is 2.94. The molecular formula is C15H17BrN2OS2. The highest BCUT2D eigenvalue weighted by Gasteiger charge is 2.30. The van der Waals surface area contributed by atoms with Crippen molar-refractivity contribution in [2.24, 2.45) is 0 Å². The minimum atomic E-state index is -0.0608. The van der Waals surface area contributed by atoms with Crippen molar-refractivity contribution in [1.82, 2.24) is 5.32 Å². The van der Waals surface area contributed by atoms with Crippen molar-refractivity contribution in [3.63, 3.8) is 0 Å². The fourth-order valence-electron chi connectivity index (χ4n) is 2.62. The first-order valence-electron chi connectivity index (χ1n) is 6.89. The number of nitrogens with one attached hydrogen (secondary N) is 1. The Labute approximate surface area is 140 Å². The van der Waals surface area contributed by atoms with Gasteiger partial charge in [0, 0.05) is 25.9 Å². The van der Waals surface area contributed by atoms with Gasteiger partial charge in [-0.15, -0.1) is 11.3 Å². The molecule has 1 atom stereocenters. The number of nitrogens with two attached hydrogens (primary N) is 1. The van der Waals surface area contributed by atoms with Gasteiger partial charge in [-0.1, -0.05) is 22.0 Å². The van der Waals surface area contributed by atoms with Crippen molar-refractivity contribution in [2.75, 3.05) is 18.0 Å². The Balaban J connectivity index is 1.82. The van der Waals surface area contributed by atoms with Crippen molar-refractivity contribution in [2.45, 2.75) is 24.5 Å². The highest BCUT2D eigenvalue weighted by Crippen LogP contribution is 2.39. The van der Waals surface area contributed by atoms with Crippen LogP contribution in [0.3, 0.4) is 0 Å². The summed E-state index contributed by atoms with van der Waals surface area (Å²) in [6.07, 6.45) is 2.39. The standard InChI is InChI=1S/C15H17BrN2OS2/c1-15(6-3-7-20-15)8-18-14(19)13-12(17)11-9(16)4-2-5-10(11)21-13/h2,4-5H,3,6-8,17H2,1H3,(H,18,19). The molecular weight excluding hydrogens is 368 g/mol. The van der Waals surface area contributed by atoms with Gasteiger partial charge in [0.1, 0.15) is 4.88 Å². The van der Waals surface area contributed by atoms with Crippen molar-refractivity contribution in [1.29, 1.82) is 0 Å². The molecule has 3 nitrogen and oxygen atoms in total. The Morgan fingerprint density at radius 2 is 2.33 bits per heavy atom. The van der Waals surface area contributed by atoms with Crippen LogP contribution in [0.4, 0.5) is 5.69 Å². The summed E-state index contributed by atoms with van der Waals surface area (Å²) in [5.41, 5.74) is 6.75. The molecule has 1 aliphatic heterocycles. The summed E-state index contributed by atoms with van der Waals surface area (Å²) in [5.74, 6) is 1.12. The molecule has 1 aliphatic rings. The molecule has 21 heavy (non-hydrogen) atoms. The highest BCUT2D eigenvalue weighted by atomic mass is 79.9. The maximum atomic E-state index is 12.4. The SMILES string of the molecule is CC1(CNC(=O)c2sc3cccc(Br)c3c2N)CCCS1. The zero-order chi connectivity index (χ0) is 15.0. The first-order chi connectivity index (χ1) is 10.0. The largest absolute Gasteiger partial charge is 0.397 e. The summed E-state index contributed by atoms with van der Waals surface area (Å²) in [7, 11) is 0. The number of nitrogen functional groups attached to an aromatic ring is 1. The number of carbonyl (C=O) groups excluding carboxylic acids is 1. The lowest BCUT2D eigenvalue weighted by molar-refractivity contribution is 0.0955. The number of thioether (sulfide) groups is 1. The molecule has 112 valence electrons. The van der Waals surface area contributed by atoms with Gasteiger partial charge in [0.15, 0.2) is 0 Å². The predicted molar refractivity (Wildman–Crippen MR) is 96.4 cm³/mol. The van der Waals surface area contributed by atoms with Crippen LogP contribution in [0.5, 0.6) is 0 Å². The summed E-state index contributed by atoms with van der Waals surface area (Å²) < 4.78 is 2.14. The van der Waals surface area contributed by atoms with Crippen molar-refractivity contribution in [3.05, 3.63) is 27.5 Å². The zero-order valence-electron chi connectivity index (χ0n) is 11.7. The summed E-state index contributed by atoms with van der Waals surface area (Å²) in [6, 6.07) is 5.90. The smallest absolute Gasteiger partial charge is 0.263 e. The molecule has 1 amide bonds. The molecule has 0 aliphatic carbocycles. The van der Waals surface area contributed by atoms with Gasteiger partial charge in [0.25, 0.3) is 5.91 Å². The molecule has 0 bridgehead atoms. The maximum absolute atomic E-state index is 12.4. The first kappa shape index (κ1) is 15.2. The van der Waals surface area contributed by atoms with E-state index in [-0.39, 0.29) is 10.7 Å². The zero-order valence-corrected chi connectivity index (χ0v) is 15.0. The van der Waals surface area contributed by atoms with Crippen LogP contribution < -0.4 is 11.1 Å². The van der Waals surface area contributed by atoms with Crippen LogP contribution in [0.15, 0.2) is 22.7 Å². The highest BCUT2D eigenvalue weighted by molar-refractivity contribution is 9.10. The molecule has 0 spiro atoms. The van der Waals surface area contributed by atoms with Crippen LogP contribution in [-0.2, 0) is 0 Å². The molecule has 3 N–H and O–H groups in total. The van der Waals surface area contributed by atoms with Gasteiger partial charge >= 0.3 is 0 Å². The van der Waals surface area contributed by atoms with E-state index >= 15 is 0 Å². The van der Waals surface area contributed by atoms with E-state index in [9.17, 15) is 4.79 Å². The van der Waals surface area contributed by atoms with E-state index in [1.54, 1.807) is 0 Å². The molecule has 1 saturated heterocycles. The Bertz CT molecular complexity index is 692. The Morgan fingerprint density at radius 3 is 3.00 bits per heavy atom. The van der Waals surface area contributed by atoms with Crippen molar-refractivity contribution >= 4 is 60.7 Å². The third-order valence-electron chi connectivity index (χ3n) is 3.83. The quantitative estimate of drug-likeness (QED) is 0.830. The minimum Gasteiger partial charge on any atom is -0.397 e. The van der Waals surface area contributed by atoms with E-state index < -0.39 is 0 Å². The van der Waals surface area contributed by atoms with Gasteiger partial charge in [0.05, 0.1) is 5.69 Å². The second-order valence-corrected chi connectivity index (χ2v) is 9.13. The van der Waals surface area contributed by atoms with E-state index in [0.717, 1.165) is 21.0 Å². The van der Waals surface area contributed by atoms with E-state index in [0.29, 0.717) is 17.1 Å². The van der Waals surface area contributed by atoms with Crippen LogP contribution in [0.1, 0.15) is 29.4 Å². The number of anilines is 1. The van der Waals surface area contributed by atoms with Crippen LogP contribution in [0.25, 0.3) is 10.1 Å². The number of amides is 1. The minimum absolute atomic E-state index is 0.0608. The molecule has 2 heterocycles. The van der Waals surface area contributed by atoms with Crippen LogP contribution in [-0.4, -0.2) is 23.0 Å². The second-order valence-electron chi connectivity index (χ2n) is 5.54. The number of carbonyl (C=O) groups is 1. The molecule has 1 fully saturated rings. The number of benzene rings is 1. The molecule has 3 rings (SSSR count). The number of hydrogen-bond donors (Lipinski definition) is 2. The lowest BCUT2D eigenvalue weighted by Crippen LogP contribution is -2.36. The number of hydrogen-bond acceptors (Lipinski definition) is 4. The van der Waals surface area contributed by atoms with E-state index in [4.69, 9.17) is 5.73 Å². The van der Waals surface area contributed by atoms with E-state index in [1.807, 2.05) is 30.0 Å². The molecule has 1 aromatic carbocycles. The van der Waals surface area contributed by atoms with Gasteiger partial charge in [-0.05, 0) is 37.7 Å². The molecule has 0 radical (unpaired) electrons. The number of rotatable bonds is 3. The van der Waals surface area contributed by atoms with E-state index in [1.165, 1.54) is 23.5 Å².